The van der Waals surface area contributed by atoms with Gasteiger partial charge in [0, 0.05) is 4.47 Å². The maximum atomic E-state index is 11.3. The summed E-state index contributed by atoms with van der Waals surface area (Å²) in [4.78, 5) is 16.9. The maximum absolute atomic E-state index is 11.3. The van der Waals surface area contributed by atoms with E-state index in [1.807, 2.05) is 18.2 Å². The molecular formula is C15H12Br2N2O. The van der Waals surface area contributed by atoms with Gasteiger partial charge in [-0.3, -0.25) is 0 Å². The molecule has 1 unspecified atom stereocenters. The van der Waals surface area contributed by atoms with Crippen molar-refractivity contribution < 1.29 is 0 Å². The zero-order chi connectivity index (χ0) is 14.3. The van der Waals surface area contributed by atoms with Crippen LogP contribution in [0.2, 0.25) is 0 Å². The van der Waals surface area contributed by atoms with E-state index in [1.54, 1.807) is 0 Å². The fourth-order valence-electron chi connectivity index (χ4n) is 2.23. The van der Waals surface area contributed by atoms with Crippen LogP contribution >= 0.6 is 31.9 Å². The standard InChI is InChI=1S/C15H12Br2N2O/c1-8-2-4-10(11(16)6-8)14(17)9-3-5-12-13(7-9)19-15(20)18-12/h2-7,14H,1H3,(H2,18,19,20). The maximum Gasteiger partial charge on any atom is 0.323 e. The Balaban J connectivity index is 2.06. The summed E-state index contributed by atoms with van der Waals surface area (Å²) >= 11 is 7.33. The third-order valence-corrected chi connectivity index (χ3v) is 4.97. The van der Waals surface area contributed by atoms with Crippen LogP contribution in [-0.2, 0) is 0 Å². The summed E-state index contributed by atoms with van der Waals surface area (Å²) in [5.41, 5.74) is 4.93. The number of halogens is 2. The molecule has 0 saturated carbocycles. The Hall–Kier alpha value is -1.33. The zero-order valence-electron chi connectivity index (χ0n) is 10.7. The van der Waals surface area contributed by atoms with Gasteiger partial charge in [0.15, 0.2) is 0 Å². The molecular weight excluding hydrogens is 384 g/mol. The molecule has 0 spiro atoms. The van der Waals surface area contributed by atoms with Crippen molar-refractivity contribution in [3.8, 4) is 0 Å². The second-order valence-electron chi connectivity index (χ2n) is 4.77. The van der Waals surface area contributed by atoms with Crippen LogP contribution in [0.15, 0.2) is 45.7 Å². The lowest BCUT2D eigenvalue weighted by Gasteiger charge is -2.13. The fraction of sp³-hybridized carbons (Fsp3) is 0.133. The molecule has 2 N–H and O–H groups in total. The lowest BCUT2D eigenvalue weighted by molar-refractivity contribution is 1.16. The van der Waals surface area contributed by atoms with Gasteiger partial charge in [0.05, 0.1) is 15.9 Å². The Labute approximate surface area is 132 Å². The number of H-pyrrole nitrogens is 2. The Morgan fingerprint density at radius 1 is 1.05 bits per heavy atom. The number of alkyl halides is 1. The van der Waals surface area contributed by atoms with Crippen molar-refractivity contribution in [1.82, 2.24) is 9.97 Å². The predicted molar refractivity (Wildman–Crippen MR) is 88.6 cm³/mol. The molecule has 0 aliphatic carbocycles. The van der Waals surface area contributed by atoms with Gasteiger partial charge in [-0.05, 0) is 41.8 Å². The van der Waals surface area contributed by atoms with Crippen molar-refractivity contribution in [3.63, 3.8) is 0 Å². The highest BCUT2D eigenvalue weighted by atomic mass is 79.9. The summed E-state index contributed by atoms with van der Waals surface area (Å²) in [6.07, 6.45) is 0. The quantitative estimate of drug-likeness (QED) is 0.620. The molecule has 0 aliphatic heterocycles. The number of aromatic amines is 2. The summed E-state index contributed by atoms with van der Waals surface area (Å²) in [5.74, 6) is 0. The largest absolute Gasteiger partial charge is 0.323 e. The molecule has 102 valence electrons. The fourth-order valence-corrected chi connectivity index (χ4v) is 3.94. The van der Waals surface area contributed by atoms with Crippen molar-refractivity contribution in [1.29, 1.82) is 0 Å². The number of benzene rings is 2. The molecule has 5 heteroatoms. The van der Waals surface area contributed by atoms with E-state index in [0.717, 1.165) is 26.6 Å². The van der Waals surface area contributed by atoms with Crippen molar-refractivity contribution in [2.24, 2.45) is 0 Å². The second kappa shape index (κ2) is 5.22. The van der Waals surface area contributed by atoms with Gasteiger partial charge in [-0.2, -0.15) is 0 Å². The Kier molecular flexibility index (Phi) is 3.56. The van der Waals surface area contributed by atoms with Gasteiger partial charge in [-0.15, -0.1) is 0 Å². The number of rotatable bonds is 2. The molecule has 3 rings (SSSR count). The van der Waals surface area contributed by atoms with Gasteiger partial charge in [0.25, 0.3) is 0 Å². The van der Waals surface area contributed by atoms with Crippen molar-refractivity contribution >= 4 is 42.9 Å². The predicted octanol–water partition coefficient (Wildman–Crippen LogP) is 4.41. The minimum Gasteiger partial charge on any atom is -0.306 e. The molecule has 3 aromatic rings. The number of fused-ring (bicyclic) bond motifs is 1. The van der Waals surface area contributed by atoms with Crippen LogP contribution in [0.5, 0.6) is 0 Å². The summed E-state index contributed by atoms with van der Waals surface area (Å²) in [7, 11) is 0. The normalized spacial score (nSPS) is 12.8. The van der Waals surface area contributed by atoms with E-state index in [9.17, 15) is 4.79 Å². The number of nitrogens with one attached hydrogen (secondary N) is 2. The molecule has 0 saturated heterocycles. The second-order valence-corrected chi connectivity index (χ2v) is 6.54. The summed E-state index contributed by atoms with van der Waals surface area (Å²) in [5, 5.41) is 0. The van der Waals surface area contributed by atoms with E-state index in [1.165, 1.54) is 5.56 Å². The van der Waals surface area contributed by atoms with Crippen LogP contribution in [0.4, 0.5) is 0 Å². The number of hydrogen-bond acceptors (Lipinski definition) is 1. The smallest absolute Gasteiger partial charge is 0.306 e. The van der Waals surface area contributed by atoms with E-state index in [4.69, 9.17) is 0 Å². The molecule has 0 fully saturated rings. The monoisotopic (exact) mass is 394 g/mol. The van der Waals surface area contributed by atoms with Crippen LogP contribution in [0, 0.1) is 6.92 Å². The molecule has 0 radical (unpaired) electrons. The molecule has 1 heterocycles. The van der Waals surface area contributed by atoms with Gasteiger partial charge < -0.3 is 9.97 Å². The van der Waals surface area contributed by atoms with Gasteiger partial charge >= 0.3 is 5.69 Å². The van der Waals surface area contributed by atoms with Crippen molar-refractivity contribution in [3.05, 3.63) is 68.0 Å². The Morgan fingerprint density at radius 2 is 1.80 bits per heavy atom. The molecule has 0 aliphatic rings. The van der Waals surface area contributed by atoms with E-state index < -0.39 is 0 Å². The number of aryl methyl sites for hydroxylation is 1. The average Bonchev–Trinajstić information content (AvgIpc) is 2.77. The number of aromatic nitrogens is 2. The summed E-state index contributed by atoms with van der Waals surface area (Å²) in [6, 6.07) is 12.2. The highest BCUT2D eigenvalue weighted by molar-refractivity contribution is 9.11. The average molecular weight is 396 g/mol. The first-order valence-electron chi connectivity index (χ1n) is 6.16. The van der Waals surface area contributed by atoms with Crippen LogP contribution in [0.25, 0.3) is 11.0 Å². The van der Waals surface area contributed by atoms with E-state index >= 15 is 0 Å². The minimum absolute atomic E-state index is 0.0697. The van der Waals surface area contributed by atoms with E-state index in [0.29, 0.717) is 0 Å². The Morgan fingerprint density at radius 3 is 2.55 bits per heavy atom. The molecule has 1 atom stereocenters. The number of hydrogen-bond donors (Lipinski definition) is 2. The van der Waals surface area contributed by atoms with Crippen LogP contribution in [-0.4, -0.2) is 9.97 Å². The van der Waals surface area contributed by atoms with Gasteiger partial charge in [-0.1, -0.05) is 50.1 Å². The highest BCUT2D eigenvalue weighted by Crippen LogP contribution is 2.36. The highest BCUT2D eigenvalue weighted by Gasteiger charge is 2.14. The van der Waals surface area contributed by atoms with Gasteiger partial charge in [0.1, 0.15) is 0 Å². The molecule has 2 aromatic carbocycles. The zero-order valence-corrected chi connectivity index (χ0v) is 13.9. The Bertz CT molecular complexity index is 835. The van der Waals surface area contributed by atoms with Crippen molar-refractivity contribution in [2.45, 2.75) is 11.8 Å². The molecule has 3 nitrogen and oxygen atoms in total. The van der Waals surface area contributed by atoms with Gasteiger partial charge in [-0.25, -0.2) is 4.79 Å². The minimum atomic E-state index is -0.181. The van der Waals surface area contributed by atoms with Crippen LogP contribution in [0.3, 0.4) is 0 Å². The molecule has 20 heavy (non-hydrogen) atoms. The molecule has 0 bridgehead atoms. The molecule has 0 amide bonds. The first-order valence-corrected chi connectivity index (χ1v) is 7.87. The third-order valence-electron chi connectivity index (χ3n) is 3.26. The first kappa shape index (κ1) is 13.6. The van der Waals surface area contributed by atoms with Gasteiger partial charge in [0.2, 0.25) is 0 Å². The topological polar surface area (TPSA) is 48.6 Å². The SMILES string of the molecule is Cc1ccc(C(Br)c2ccc3[nH]c(=O)[nH]c3c2)c(Br)c1. The summed E-state index contributed by atoms with van der Waals surface area (Å²) in [6.45, 7) is 2.06. The lowest BCUT2D eigenvalue weighted by Crippen LogP contribution is -1.99. The van der Waals surface area contributed by atoms with E-state index in [-0.39, 0.29) is 10.5 Å². The third kappa shape index (κ3) is 2.47. The lowest BCUT2D eigenvalue weighted by atomic mass is 10.0. The van der Waals surface area contributed by atoms with Crippen LogP contribution in [0.1, 0.15) is 21.5 Å². The van der Waals surface area contributed by atoms with Crippen LogP contribution < -0.4 is 5.69 Å². The van der Waals surface area contributed by atoms with Crippen molar-refractivity contribution in [2.75, 3.05) is 0 Å². The first-order chi connectivity index (χ1) is 9.54. The molecule has 1 aromatic heterocycles. The number of imidazole rings is 1. The summed E-state index contributed by atoms with van der Waals surface area (Å²) < 4.78 is 1.07. The van der Waals surface area contributed by atoms with E-state index in [2.05, 4.69) is 67.0 Å².